The van der Waals surface area contributed by atoms with Crippen molar-refractivity contribution < 1.29 is 13.5 Å². The van der Waals surface area contributed by atoms with Crippen molar-refractivity contribution >= 4 is 5.90 Å². The van der Waals surface area contributed by atoms with Gasteiger partial charge in [-0.2, -0.15) is 8.78 Å². The van der Waals surface area contributed by atoms with Crippen LogP contribution >= 0.6 is 0 Å². The van der Waals surface area contributed by atoms with Crippen molar-refractivity contribution in [1.29, 1.82) is 0 Å². The van der Waals surface area contributed by atoms with E-state index in [9.17, 15) is 8.78 Å². The zero-order valence-electron chi connectivity index (χ0n) is 6.13. The van der Waals surface area contributed by atoms with E-state index < -0.39 is 6.61 Å². The van der Waals surface area contributed by atoms with Crippen LogP contribution in [0.2, 0.25) is 0 Å². The van der Waals surface area contributed by atoms with Crippen molar-refractivity contribution in [3.8, 4) is 0 Å². The predicted octanol–water partition coefficient (Wildman–Crippen LogP) is 2.00. The van der Waals surface area contributed by atoms with Crippen LogP contribution in [0.5, 0.6) is 0 Å². The highest BCUT2D eigenvalue weighted by Gasteiger charge is 2.03. The van der Waals surface area contributed by atoms with Crippen molar-refractivity contribution in [2.45, 2.75) is 6.61 Å². The van der Waals surface area contributed by atoms with Crippen LogP contribution in [0.4, 0.5) is 8.78 Å². The molecule has 0 bridgehead atoms. The molecule has 0 atom stereocenters. The minimum Gasteiger partial charge on any atom is -0.417 e. The summed E-state index contributed by atoms with van der Waals surface area (Å²) in [5.74, 6) is -0.111. The summed E-state index contributed by atoms with van der Waals surface area (Å²) in [7, 11) is 1.37. The number of ether oxygens (including phenoxy) is 1. The molecular formula is C7H9F2NO. The minimum atomic E-state index is -2.83. The number of nitrogens with zero attached hydrogens (tertiary/aromatic N) is 1. The molecule has 0 aromatic heterocycles. The molecule has 0 N–H and O–H groups in total. The van der Waals surface area contributed by atoms with Crippen molar-refractivity contribution in [2.24, 2.45) is 4.99 Å². The SMILES string of the molecule is C=C/C=C\C(=NC)OC(F)F. The van der Waals surface area contributed by atoms with Crippen LogP contribution in [0.3, 0.4) is 0 Å². The lowest BCUT2D eigenvalue weighted by molar-refractivity contribution is -0.0593. The smallest absolute Gasteiger partial charge is 0.388 e. The molecule has 0 radical (unpaired) electrons. The Morgan fingerprint density at radius 3 is 2.64 bits per heavy atom. The van der Waals surface area contributed by atoms with Gasteiger partial charge in [0.05, 0.1) is 0 Å². The van der Waals surface area contributed by atoms with Gasteiger partial charge in [-0.1, -0.05) is 18.7 Å². The molecule has 0 spiro atoms. The van der Waals surface area contributed by atoms with Gasteiger partial charge in [-0.15, -0.1) is 0 Å². The number of hydrogen-bond donors (Lipinski definition) is 0. The highest BCUT2D eigenvalue weighted by molar-refractivity contribution is 5.87. The quantitative estimate of drug-likeness (QED) is 0.352. The van der Waals surface area contributed by atoms with Crippen molar-refractivity contribution in [1.82, 2.24) is 0 Å². The van der Waals surface area contributed by atoms with Crippen molar-refractivity contribution in [3.05, 3.63) is 24.8 Å². The van der Waals surface area contributed by atoms with Crippen LogP contribution in [0.15, 0.2) is 29.8 Å². The first-order chi connectivity index (χ1) is 5.20. The fraction of sp³-hybridized carbons (Fsp3) is 0.286. The number of alkyl halides is 2. The zero-order valence-corrected chi connectivity index (χ0v) is 6.13. The van der Waals surface area contributed by atoms with Crippen molar-refractivity contribution in [3.63, 3.8) is 0 Å². The highest BCUT2D eigenvalue weighted by atomic mass is 19.3. The Labute approximate surface area is 63.9 Å². The average molecular weight is 161 g/mol. The van der Waals surface area contributed by atoms with Crippen LogP contribution in [-0.2, 0) is 4.74 Å². The lowest BCUT2D eigenvalue weighted by Crippen LogP contribution is -2.06. The molecule has 4 heteroatoms. The van der Waals surface area contributed by atoms with E-state index in [1.165, 1.54) is 25.3 Å². The van der Waals surface area contributed by atoms with E-state index >= 15 is 0 Å². The fourth-order valence-electron chi connectivity index (χ4n) is 0.408. The van der Waals surface area contributed by atoms with E-state index in [-0.39, 0.29) is 5.90 Å². The molecule has 0 saturated carbocycles. The molecule has 11 heavy (non-hydrogen) atoms. The molecule has 0 fully saturated rings. The molecular weight excluding hydrogens is 152 g/mol. The van der Waals surface area contributed by atoms with Crippen molar-refractivity contribution in [2.75, 3.05) is 7.05 Å². The van der Waals surface area contributed by atoms with Gasteiger partial charge in [0.25, 0.3) is 0 Å². The second-order valence-corrected chi connectivity index (χ2v) is 1.54. The third-order valence-corrected chi connectivity index (χ3v) is 0.805. The normalized spacial score (nSPS) is 12.5. The number of halogens is 2. The molecule has 0 aliphatic heterocycles. The van der Waals surface area contributed by atoms with E-state index in [0.717, 1.165) is 0 Å². The van der Waals surface area contributed by atoms with Gasteiger partial charge in [0.1, 0.15) is 0 Å². The molecule has 62 valence electrons. The van der Waals surface area contributed by atoms with E-state index in [1.54, 1.807) is 0 Å². The maximum Gasteiger partial charge on any atom is 0.388 e. The minimum absolute atomic E-state index is 0.111. The first-order valence-electron chi connectivity index (χ1n) is 2.91. The van der Waals surface area contributed by atoms with Gasteiger partial charge in [0.15, 0.2) is 0 Å². The molecule has 0 amide bonds. The Morgan fingerprint density at radius 2 is 2.27 bits per heavy atom. The Hall–Kier alpha value is -1.19. The largest absolute Gasteiger partial charge is 0.417 e. The maximum absolute atomic E-state index is 11.5. The first-order valence-corrected chi connectivity index (χ1v) is 2.91. The molecule has 0 unspecified atom stereocenters. The zero-order chi connectivity index (χ0) is 8.69. The lowest BCUT2D eigenvalue weighted by atomic mass is 10.5. The average Bonchev–Trinajstić information content (AvgIpc) is 1.97. The predicted molar refractivity (Wildman–Crippen MR) is 39.8 cm³/mol. The van der Waals surface area contributed by atoms with Gasteiger partial charge < -0.3 is 4.74 Å². The molecule has 0 saturated heterocycles. The third kappa shape index (κ3) is 5.26. The summed E-state index contributed by atoms with van der Waals surface area (Å²) in [5.41, 5.74) is 0. The maximum atomic E-state index is 11.5. The summed E-state index contributed by atoms with van der Waals surface area (Å²) in [6, 6.07) is 0. The first kappa shape index (κ1) is 9.81. The highest BCUT2D eigenvalue weighted by Crippen LogP contribution is 1.97. The van der Waals surface area contributed by atoms with Gasteiger partial charge in [0.2, 0.25) is 5.90 Å². The number of aliphatic imine (C=N–C) groups is 1. The molecule has 0 rings (SSSR count). The van der Waals surface area contributed by atoms with Crippen LogP contribution < -0.4 is 0 Å². The number of allylic oxidation sites excluding steroid dienone is 2. The Kier molecular flexibility index (Phi) is 4.98. The summed E-state index contributed by atoms with van der Waals surface area (Å²) in [6.07, 6.45) is 4.21. The van der Waals surface area contributed by atoms with Gasteiger partial charge in [-0.25, -0.2) is 0 Å². The van der Waals surface area contributed by atoms with Crippen LogP contribution in [0.1, 0.15) is 0 Å². The summed E-state index contributed by atoms with van der Waals surface area (Å²) >= 11 is 0. The topological polar surface area (TPSA) is 21.6 Å². The number of rotatable bonds is 3. The summed E-state index contributed by atoms with van der Waals surface area (Å²) in [5, 5.41) is 0. The van der Waals surface area contributed by atoms with E-state index in [0.29, 0.717) is 0 Å². The summed E-state index contributed by atoms with van der Waals surface area (Å²) < 4.78 is 27.1. The molecule has 0 aromatic carbocycles. The molecule has 2 nitrogen and oxygen atoms in total. The van der Waals surface area contributed by atoms with E-state index in [4.69, 9.17) is 0 Å². The lowest BCUT2D eigenvalue weighted by Gasteiger charge is -2.01. The third-order valence-electron chi connectivity index (χ3n) is 0.805. The molecule has 0 aromatic rings. The van der Waals surface area contributed by atoms with Gasteiger partial charge in [-0.05, 0) is 0 Å². The van der Waals surface area contributed by atoms with Crippen LogP contribution in [0.25, 0.3) is 0 Å². The standard InChI is InChI=1S/C7H9F2NO/c1-3-4-5-6(10-2)11-7(8)9/h3-5,7H,1H2,2H3/b5-4-,10-6?. The van der Waals surface area contributed by atoms with Crippen LogP contribution in [0, 0.1) is 0 Å². The molecule has 0 aliphatic rings. The second kappa shape index (κ2) is 5.58. The summed E-state index contributed by atoms with van der Waals surface area (Å²) in [4.78, 5) is 3.45. The fourth-order valence-corrected chi connectivity index (χ4v) is 0.408. The van der Waals surface area contributed by atoms with E-state index in [1.807, 2.05) is 0 Å². The Morgan fingerprint density at radius 1 is 1.64 bits per heavy atom. The van der Waals surface area contributed by atoms with Gasteiger partial charge >= 0.3 is 6.61 Å². The molecule has 0 heterocycles. The Bertz CT molecular complexity index is 175. The van der Waals surface area contributed by atoms with Gasteiger partial charge in [0, 0.05) is 13.1 Å². The van der Waals surface area contributed by atoms with Crippen LogP contribution in [-0.4, -0.2) is 19.6 Å². The van der Waals surface area contributed by atoms with Gasteiger partial charge in [-0.3, -0.25) is 4.99 Å². The number of hydrogen-bond acceptors (Lipinski definition) is 2. The second-order valence-electron chi connectivity index (χ2n) is 1.54. The monoisotopic (exact) mass is 161 g/mol. The molecule has 0 aliphatic carbocycles. The van der Waals surface area contributed by atoms with E-state index in [2.05, 4.69) is 16.3 Å². The summed E-state index contributed by atoms with van der Waals surface area (Å²) in [6.45, 7) is 0.531. The Balaban J connectivity index is 3.98.